The van der Waals surface area contributed by atoms with Crippen LogP contribution >= 0.6 is 0 Å². The van der Waals surface area contributed by atoms with Gasteiger partial charge in [0.05, 0.1) is 12.8 Å². The molecule has 0 bridgehead atoms. The van der Waals surface area contributed by atoms with Crippen molar-refractivity contribution < 1.29 is 19.0 Å². The minimum absolute atomic E-state index is 0.0426. The second-order valence-electron chi connectivity index (χ2n) is 5.63. The van der Waals surface area contributed by atoms with E-state index in [2.05, 4.69) is 10.6 Å². The van der Waals surface area contributed by atoms with Crippen LogP contribution in [-0.2, 0) is 0 Å². The van der Waals surface area contributed by atoms with Crippen molar-refractivity contribution in [3.05, 3.63) is 24.0 Å². The van der Waals surface area contributed by atoms with Crippen LogP contribution in [0, 0.1) is 11.7 Å². The summed E-state index contributed by atoms with van der Waals surface area (Å²) < 4.78 is 18.2. The van der Waals surface area contributed by atoms with Crippen LogP contribution < -0.4 is 15.4 Å². The van der Waals surface area contributed by atoms with Gasteiger partial charge in [-0.05, 0) is 25.0 Å². The van der Waals surface area contributed by atoms with Gasteiger partial charge in [0.2, 0.25) is 0 Å². The lowest BCUT2D eigenvalue weighted by Crippen LogP contribution is -2.43. The SMILES string of the molecule is COc1cc(F)ccc1NC(=O)NC1CCCCCC1CO. The zero-order valence-corrected chi connectivity index (χ0v) is 12.8. The van der Waals surface area contributed by atoms with Crippen molar-refractivity contribution in [2.45, 2.75) is 38.1 Å². The fraction of sp³-hybridized carbons (Fsp3) is 0.562. The summed E-state index contributed by atoms with van der Waals surface area (Å²) in [6.07, 6.45) is 5.03. The van der Waals surface area contributed by atoms with Gasteiger partial charge in [-0.2, -0.15) is 0 Å². The van der Waals surface area contributed by atoms with E-state index in [1.807, 2.05) is 0 Å². The van der Waals surface area contributed by atoms with Crippen molar-refractivity contribution in [3.63, 3.8) is 0 Å². The molecule has 0 heterocycles. The highest BCUT2D eigenvalue weighted by Gasteiger charge is 2.24. The molecular formula is C16H23FN2O3. The molecule has 3 N–H and O–H groups in total. The second-order valence-corrected chi connectivity index (χ2v) is 5.63. The van der Waals surface area contributed by atoms with Crippen LogP contribution in [0.2, 0.25) is 0 Å². The van der Waals surface area contributed by atoms with Crippen LogP contribution in [0.1, 0.15) is 32.1 Å². The smallest absolute Gasteiger partial charge is 0.319 e. The predicted octanol–water partition coefficient (Wildman–Crippen LogP) is 2.90. The first-order valence-corrected chi connectivity index (χ1v) is 7.66. The number of nitrogens with one attached hydrogen (secondary N) is 2. The first kappa shape index (κ1) is 16.5. The standard InChI is InChI=1S/C16H23FN2O3/c1-22-15-9-12(17)7-8-14(15)19-16(21)18-13-6-4-2-3-5-11(13)10-20/h7-9,11,13,20H,2-6,10H2,1H3,(H2,18,19,21). The average molecular weight is 310 g/mol. The Balaban J connectivity index is 1.99. The third-order valence-electron chi connectivity index (χ3n) is 4.12. The van der Waals surface area contributed by atoms with Gasteiger partial charge in [0.15, 0.2) is 0 Å². The summed E-state index contributed by atoms with van der Waals surface area (Å²) in [4.78, 5) is 12.2. The van der Waals surface area contributed by atoms with Crippen LogP contribution in [0.25, 0.3) is 0 Å². The Morgan fingerprint density at radius 1 is 1.36 bits per heavy atom. The number of aliphatic hydroxyl groups excluding tert-OH is 1. The van der Waals surface area contributed by atoms with Crippen molar-refractivity contribution in [3.8, 4) is 5.75 Å². The fourth-order valence-corrected chi connectivity index (χ4v) is 2.89. The maximum absolute atomic E-state index is 13.2. The van der Waals surface area contributed by atoms with Gasteiger partial charge >= 0.3 is 6.03 Å². The van der Waals surface area contributed by atoms with Crippen LogP contribution in [0.15, 0.2) is 18.2 Å². The topological polar surface area (TPSA) is 70.6 Å². The monoisotopic (exact) mass is 310 g/mol. The van der Waals surface area contributed by atoms with Gasteiger partial charge in [0, 0.05) is 24.6 Å². The molecule has 1 aliphatic rings. The molecule has 6 heteroatoms. The Kier molecular flexibility index (Phi) is 6.00. The lowest BCUT2D eigenvalue weighted by Gasteiger charge is -2.24. The van der Waals surface area contributed by atoms with Crippen molar-refractivity contribution in [2.24, 2.45) is 5.92 Å². The van der Waals surface area contributed by atoms with E-state index in [0.29, 0.717) is 5.69 Å². The molecule has 1 aromatic rings. The molecule has 0 aliphatic heterocycles. The molecule has 2 amide bonds. The fourth-order valence-electron chi connectivity index (χ4n) is 2.89. The zero-order valence-electron chi connectivity index (χ0n) is 12.8. The number of hydrogen-bond donors (Lipinski definition) is 3. The van der Waals surface area contributed by atoms with Crippen molar-refractivity contribution >= 4 is 11.7 Å². The first-order chi connectivity index (χ1) is 10.6. The zero-order chi connectivity index (χ0) is 15.9. The van der Waals surface area contributed by atoms with E-state index >= 15 is 0 Å². The van der Waals surface area contributed by atoms with Crippen LogP contribution in [0.5, 0.6) is 5.75 Å². The molecule has 122 valence electrons. The van der Waals surface area contributed by atoms with Gasteiger partial charge in [-0.1, -0.05) is 19.3 Å². The third-order valence-corrected chi connectivity index (χ3v) is 4.12. The van der Waals surface area contributed by atoms with Gasteiger partial charge < -0.3 is 20.5 Å². The van der Waals surface area contributed by atoms with Crippen molar-refractivity contribution in [2.75, 3.05) is 19.0 Å². The Morgan fingerprint density at radius 2 is 2.14 bits per heavy atom. The lowest BCUT2D eigenvalue weighted by molar-refractivity contribution is 0.182. The summed E-state index contributed by atoms with van der Waals surface area (Å²) >= 11 is 0. The molecule has 0 aromatic heterocycles. The molecule has 1 fully saturated rings. The molecule has 1 aliphatic carbocycles. The maximum atomic E-state index is 13.2. The molecule has 2 unspecified atom stereocenters. The van der Waals surface area contributed by atoms with Gasteiger partial charge in [0.1, 0.15) is 11.6 Å². The number of halogens is 1. The largest absolute Gasteiger partial charge is 0.494 e. The third kappa shape index (κ3) is 4.34. The summed E-state index contributed by atoms with van der Waals surface area (Å²) in [6, 6.07) is 3.54. The van der Waals surface area contributed by atoms with E-state index in [0.717, 1.165) is 32.1 Å². The number of amides is 2. The Labute approximate surface area is 129 Å². The molecule has 22 heavy (non-hydrogen) atoms. The summed E-state index contributed by atoms with van der Waals surface area (Å²) in [6.45, 7) is 0.0742. The quantitative estimate of drug-likeness (QED) is 0.749. The number of aliphatic hydroxyl groups is 1. The summed E-state index contributed by atoms with van der Waals surface area (Å²) in [7, 11) is 1.42. The number of carbonyl (C=O) groups excluding carboxylic acids is 1. The molecule has 0 radical (unpaired) electrons. The normalized spacial score (nSPS) is 21.8. The van der Waals surface area contributed by atoms with E-state index in [1.54, 1.807) is 0 Å². The lowest BCUT2D eigenvalue weighted by atomic mass is 9.96. The Morgan fingerprint density at radius 3 is 2.86 bits per heavy atom. The number of hydrogen-bond acceptors (Lipinski definition) is 3. The molecule has 5 nitrogen and oxygen atoms in total. The molecule has 0 spiro atoms. The highest BCUT2D eigenvalue weighted by molar-refractivity contribution is 5.91. The van der Waals surface area contributed by atoms with E-state index in [4.69, 9.17) is 4.74 Å². The van der Waals surface area contributed by atoms with Gasteiger partial charge in [-0.15, -0.1) is 0 Å². The van der Waals surface area contributed by atoms with Crippen LogP contribution in [0.4, 0.5) is 14.9 Å². The Bertz CT molecular complexity index is 510. The van der Waals surface area contributed by atoms with Gasteiger partial charge in [-0.25, -0.2) is 9.18 Å². The number of carbonyl (C=O) groups is 1. The number of anilines is 1. The minimum Gasteiger partial charge on any atom is -0.494 e. The van der Waals surface area contributed by atoms with Crippen LogP contribution in [0.3, 0.4) is 0 Å². The summed E-state index contributed by atoms with van der Waals surface area (Å²) in [5.74, 6) is -0.0648. The number of benzene rings is 1. The van der Waals surface area contributed by atoms with Crippen molar-refractivity contribution in [1.82, 2.24) is 5.32 Å². The molecule has 1 saturated carbocycles. The van der Waals surface area contributed by atoms with E-state index in [-0.39, 0.29) is 30.3 Å². The predicted molar refractivity (Wildman–Crippen MR) is 82.6 cm³/mol. The average Bonchev–Trinajstić information content (AvgIpc) is 2.73. The second kappa shape index (κ2) is 7.98. The number of rotatable bonds is 4. The van der Waals surface area contributed by atoms with Crippen molar-refractivity contribution in [1.29, 1.82) is 0 Å². The highest BCUT2D eigenvalue weighted by atomic mass is 19.1. The minimum atomic E-state index is -0.424. The summed E-state index contributed by atoms with van der Waals surface area (Å²) in [5.41, 5.74) is 0.413. The maximum Gasteiger partial charge on any atom is 0.319 e. The van der Waals surface area contributed by atoms with Gasteiger partial charge in [0.25, 0.3) is 0 Å². The number of urea groups is 1. The van der Waals surface area contributed by atoms with Gasteiger partial charge in [-0.3, -0.25) is 0 Å². The molecule has 2 rings (SSSR count). The highest BCUT2D eigenvalue weighted by Crippen LogP contribution is 2.26. The van der Waals surface area contributed by atoms with Crippen LogP contribution in [-0.4, -0.2) is 30.9 Å². The Hall–Kier alpha value is -1.82. The number of ether oxygens (including phenoxy) is 1. The molecule has 0 saturated heterocycles. The van der Waals surface area contributed by atoms with E-state index in [1.165, 1.54) is 25.3 Å². The summed E-state index contributed by atoms with van der Waals surface area (Å²) in [5, 5.41) is 15.1. The molecule has 2 atom stereocenters. The van der Waals surface area contributed by atoms with E-state index in [9.17, 15) is 14.3 Å². The molecular weight excluding hydrogens is 287 g/mol. The first-order valence-electron chi connectivity index (χ1n) is 7.66. The van der Waals surface area contributed by atoms with E-state index < -0.39 is 5.82 Å². The molecule has 1 aromatic carbocycles. The number of methoxy groups -OCH3 is 1.